The minimum atomic E-state index is 0.710. The third-order valence-corrected chi connectivity index (χ3v) is 3.76. The van der Waals surface area contributed by atoms with Crippen LogP contribution in [0.4, 0.5) is 0 Å². The number of aryl methyl sites for hydroxylation is 2. The van der Waals surface area contributed by atoms with E-state index >= 15 is 0 Å². The number of nitrogens with one attached hydrogen (secondary N) is 1. The van der Waals surface area contributed by atoms with Gasteiger partial charge in [0, 0.05) is 17.1 Å². The molecule has 6 heteroatoms. The summed E-state index contributed by atoms with van der Waals surface area (Å²) in [5.41, 5.74) is 3.97. The van der Waals surface area contributed by atoms with Gasteiger partial charge in [-0.1, -0.05) is 16.8 Å². The average Bonchev–Trinajstić information content (AvgIpc) is 2.95. The lowest BCUT2D eigenvalue weighted by Gasteiger charge is -2.14. The normalized spacial score (nSPS) is 11.7. The van der Waals surface area contributed by atoms with E-state index in [1.807, 2.05) is 39.1 Å². The highest BCUT2D eigenvalue weighted by Gasteiger charge is 2.13. The first kappa shape index (κ1) is 14.1. The Hall–Kier alpha value is -1.85. The van der Waals surface area contributed by atoms with Gasteiger partial charge in [0.25, 0.3) is 0 Å². The molecule has 0 saturated carbocycles. The molecule has 1 N–H and O–H groups in total. The number of hydrogen-bond acceptors (Lipinski definition) is 4. The molecule has 5 nitrogen and oxygen atoms in total. The van der Waals surface area contributed by atoms with Gasteiger partial charge in [-0.3, -0.25) is 4.90 Å². The Kier molecular flexibility index (Phi) is 3.69. The van der Waals surface area contributed by atoms with E-state index in [2.05, 4.69) is 20.0 Å². The first-order chi connectivity index (χ1) is 10.0. The fourth-order valence-electron chi connectivity index (χ4n) is 2.42. The molecule has 0 saturated heterocycles. The summed E-state index contributed by atoms with van der Waals surface area (Å²) >= 11 is 5.99. The smallest absolute Gasteiger partial charge is 0.138 e. The molecule has 0 unspecified atom stereocenters. The quantitative estimate of drug-likeness (QED) is 0.802. The number of imidazole rings is 1. The molecule has 0 aliphatic carbocycles. The van der Waals surface area contributed by atoms with E-state index in [9.17, 15) is 0 Å². The van der Waals surface area contributed by atoms with E-state index < -0.39 is 0 Å². The van der Waals surface area contributed by atoms with Crippen LogP contribution in [0.25, 0.3) is 11.0 Å². The Morgan fingerprint density at radius 1 is 1.29 bits per heavy atom. The highest BCUT2D eigenvalue weighted by molar-refractivity contribution is 6.31. The molecule has 3 aromatic rings. The van der Waals surface area contributed by atoms with Gasteiger partial charge in [0.05, 0.1) is 23.3 Å². The highest BCUT2D eigenvalue weighted by atomic mass is 35.5. The average molecular weight is 305 g/mol. The van der Waals surface area contributed by atoms with Crippen LogP contribution in [0.15, 0.2) is 22.7 Å². The van der Waals surface area contributed by atoms with Crippen molar-refractivity contribution in [2.45, 2.75) is 26.9 Å². The summed E-state index contributed by atoms with van der Waals surface area (Å²) in [7, 11) is 2.05. The number of aromatic nitrogens is 3. The first-order valence-corrected chi connectivity index (χ1v) is 7.15. The van der Waals surface area contributed by atoms with Gasteiger partial charge in [-0.05, 0) is 39.1 Å². The molecule has 1 aromatic carbocycles. The number of benzene rings is 1. The first-order valence-electron chi connectivity index (χ1n) is 6.77. The van der Waals surface area contributed by atoms with Gasteiger partial charge in [0.15, 0.2) is 0 Å². The number of nitrogens with zero attached hydrogens (tertiary/aromatic N) is 3. The Morgan fingerprint density at radius 2 is 2.10 bits per heavy atom. The van der Waals surface area contributed by atoms with Crippen molar-refractivity contribution in [1.29, 1.82) is 0 Å². The molecule has 0 fully saturated rings. The van der Waals surface area contributed by atoms with Crippen LogP contribution < -0.4 is 0 Å². The van der Waals surface area contributed by atoms with Gasteiger partial charge in [-0.2, -0.15) is 0 Å². The van der Waals surface area contributed by atoms with Gasteiger partial charge < -0.3 is 9.51 Å². The second-order valence-corrected chi connectivity index (χ2v) is 5.76. The number of hydrogen-bond donors (Lipinski definition) is 1. The van der Waals surface area contributed by atoms with Crippen LogP contribution in [0, 0.1) is 13.8 Å². The van der Waals surface area contributed by atoms with Gasteiger partial charge >= 0.3 is 0 Å². The zero-order chi connectivity index (χ0) is 15.0. The SMILES string of the molecule is Cc1noc(C)c1CN(C)Cc1nc2ccc(Cl)cc2[nH]1. The van der Waals surface area contributed by atoms with Crippen molar-refractivity contribution < 1.29 is 4.52 Å². The van der Waals surface area contributed by atoms with E-state index in [4.69, 9.17) is 16.1 Å². The molecule has 21 heavy (non-hydrogen) atoms. The van der Waals surface area contributed by atoms with E-state index in [1.165, 1.54) is 0 Å². The van der Waals surface area contributed by atoms with Crippen LogP contribution in [0.3, 0.4) is 0 Å². The molecule has 0 amide bonds. The zero-order valence-electron chi connectivity index (χ0n) is 12.3. The minimum absolute atomic E-state index is 0.710. The maximum absolute atomic E-state index is 5.99. The minimum Gasteiger partial charge on any atom is -0.361 e. The van der Waals surface area contributed by atoms with Crippen molar-refractivity contribution >= 4 is 22.6 Å². The van der Waals surface area contributed by atoms with Crippen LogP contribution in [0.1, 0.15) is 22.8 Å². The summed E-state index contributed by atoms with van der Waals surface area (Å²) in [5.74, 6) is 1.79. The van der Waals surface area contributed by atoms with Crippen LogP contribution in [0.5, 0.6) is 0 Å². The van der Waals surface area contributed by atoms with E-state index in [1.54, 1.807) is 0 Å². The molecule has 2 aromatic heterocycles. The van der Waals surface area contributed by atoms with Crippen molar-refractivity contribution in [2.75, 3.05) is 7.05 Å². The summed E-state index contributed by atoms with van der Waals surface area (Å²) in [5, 5.41) is 4.69. The van der Waals surface area contributed by atoms with Crippen molar-refractivity contribution in [3.63, 3.8) is 0 Å². The fraction of sp³-hybridized carbons (Fsp3) is 0.333. The van der Waals surface area contributed by atoms with Crippen LogP contribution in [0.2, 0.25) is 5.02 Å². The molecule has 0 aliphatic heterocycles. The van der Waals surface area contributed by atoms with Crippen LogP contribution >= 0.6 is 11.6 Å². The monoisotopic (exact) mass is 304 g/mol. The molecular formula is C15H17ClN4O. The lowest BCUT2D eigenvalue weighted by Crippen LogP contribution is -2.18. The summed E-state index contributed by atoms with van der Waals surface area (Å²) in [6.45, 7) is 5.39. The molecular weight excluding hydrogens is 288 g/mol. The fourth-order valence-corrected chi connectivity index (χ4v) is 2.59. The van der Waals surface area contributed by atoms with Crippen molar-refractivity contribution in [2.24, 2.45) is 0 Å². The molecule has 0 bridgehead atoms. The zero-order valence-corrected chi connectivity index (χ0v) is 13.0. The number of fused-ring (bicyclic) bond motifs is 1. The lowest BCUT2D eigenvalue weighted by molar-refractivity contribution is 0.308. The molecule has 0 aliphatic rings. The largest absolute Gasteiger partial charge is 0.361 e. The van der Waals surface area contributed by atoms with Crippen molar-refractivity contribution in [3.8, 4) is 0 Å². The Bertz CT molecular complexity index is 758. The predicted octanol–water partition coefficient (Wildman–Crippen LogP) is 3.45. The van der Waals surface area contributed by atoms with Gasteiger partial charge in [0.2, 0.25) is 0 Å². The summed E-state index contributed by atoms with van der Waals surface area (Å²) in [4.78, 5) is 10.0. The predicted molar refractivity (Wildman–Crippen MR) is 82.3 cm³/mol. The van der Waals surface area contributed by atoms with Gasteiger partial charge in [-0.25, -0.2) is 4.98 Å². The number of H-pyrrole nitrogens is 1. The number of aromatic amines is 1. The lowest BCUT2D eigenvalue weighted by atomic mass is 10.2. The molecule has 0 radical (unpaired) electrons. The second kappa shape index (κ2) is 5.50. The van der Waals surface area contributed by atoms with Crippen molar-refractivity contribution in [1.82, 2.24) is 20.0 Å². The summed E-state index contributed by atoms with van der Waals surface area (Å²) in [6.07, 6.45) is 0. The molecule has 2 heterocycles. The summed E-state index contributed by atoms with van der Waals surface area (Å²) in [6, 6.07) is 5.66. The van der Waals surface area contributed by atoms with Gasteiger partial charge in [0.1, 0.15) is 11.6 Å². The van der Waals surface area contributed by atoms with Crippen LogP contribution in [-0.2, 0) is 13.1 Å². The van der Waals surface area contributed by atoms with Crippen LogP contribution in [-0.4, -0.2) is 27.1 Å². The van der Waals surface area contributed by atoms with Gasteiger partial charge in [-0.15, -0.1) is 0 Å². The maximum atomic E-state index is 5.99. The molecule has 0 spiro atoms. The molecule has 3 rings (SSSR count). The maximum Gasteiger partial charge on any atom is 0.138 e. The number of rotatable bonds is 4. The van der Waals surface area contributed by atoms with E-state index in [-0.39, 0.29) is 0 Å². The number of halogens is 1. The molecule has 0 atom stereocenters. The van der Waals surface area contributed by atoms with E-state index in [0.29, 0.717) is 5.02 Å². The van der Waals surface area contributed by atoms with Crippen molar-refractivity contribution in [3.05, 3.63) is 46.1 Å². The second-order valence-electron chi connectivity index (χ2n) is 5.32. The third-order valence-electron chi connectivity index (χ3n) is 3.52. The Labute approximate surface area is 127 Å². The Balaban J connectivity index is 1.75. The highest BCUT2D eigenvalue weighted by Crippen LogP contribution is 2.19. The third kappa shape index (κ3) is 2.94. The standard InChI is InChI=1S/C15H17ClN4O/c1-9-12(10(2)21-19-9)7-20(3)8-15-17-13-5-4-11(16)6-14(13)18-15/h4-6H,7-8H2,1-3H3,(H,17,18). The molecule has 110 valence electrons. The topological polar surface area (TPSA) is 58.0 Å². The Morgan fingerprint density at radius 3 is 2.81 bits per heavy atom. The van der Waals surface area contributed by atoms with E-state index in [0.717, 1.165) is 47.0 Å². The summed E-state index contributed by atoms with van der Waals surface area (Å²) < 4.78 is 5.19.